The molecule has 1 unspecified atom stereocenters. The van der Waals surface area contributed by atoms with Gasteiger partial charge in [-0.15, -0.1) is 0 Å². The summed E-state index contributed by atoms with van der Waals surface area (Å²) in [7, 11) is 0. The number of halogens is 1. The standard InChI is InChI=1S/C14H18ClNO4/c1-4-20-13(17)12(9-14(2,3)16(18)19)10-5-7-11(15)8-6-10/h5-8,12H,4,9H2,1-3H3. The van der Waals surface area contributed by atoms with Crippen molar-refractivity contribution in [2.24, 2.45) is 0 Å². The van der Waals surface area contributed by atoms with Crippen LogP contribution in [0.25, 0.3) is 0 Å². The largest absolute Gasteiger partial charge is 0.466 e. The number of esters is 1. The summed E-state index contributed by atoms with van der Waals surface area (Å²) in [4.78, 5) is 22.7. The molecule has 0 aliphatic rings. The highest BCUT2D eigenvalue weighted by Gasteiger charge is 2.38. The van der Waals surface area contributed by atoms with Crippen LogP contribution in [0.5, 0.6) is 0 Å². The summed E-state index contributed by atoms with van der Waals surface area (Å²) < 4.78 is 5.02. The maximum atomic E-state index is 12.1. The molecular weight excluding hydrogens is 282 g/mol. The fourth-order valence-electron chi connectivity index (χ4n) is 1.85. The maximum Gasteiger partial charge on any atom is 0.313 e. The van der Waals surface area contributed by atoms with Crippen molar-refractivity contribution in [2.45, 2.75) is 38.6 Å². The quantitative estimate of drug-likeness (QED) is 0.458. The van der Waals surface area contributed by atoms with E-state index in [2.05, 4.69) is 0 Å². The van der Waals surface area contributed by atoms with Crippen LogP contribution >= 0.6 is 11.6 Å². The monoisotopic (exact) mass is 299 g/mol. The van der Waals surface area contributed by atoms with E-state index in [-0.39, 0.29) is 18.0 Å². The van der Waals surface area contributed by atoms with Gasteiger partial charge in [0.1, 0.15) is 0 Å². The van der Waals surface area contributed by atoms with Crippen molar-refractivity contribution in [1.82, 2.24) is 0 Å². The number of benzene rings is 1. The molecule has 0 fully saturated rings. The second-order valence-electron chi connectivity index (χ2n) is 5.13. The van der Waals surface area contributed by atoms with E-state index in [1.54, 1.807) is 31.2 Å². The molecule has 0 radical (unpaired) electrons. The van der Waals surface area contributed by atoms with Gasteiger partial charge in [-0.2, -0.15) is 0 Å². The molecule has 0 heterocycles. The van der Waals surface area contributed by atoms with Crippen molar-refractivity contribution in [1.29, 1.82) is 0 Å². The summed E-state index contributed by atoms with van der Waals surface area (Å²) in [5, 5.41) is 11.6. The van der Waals surface area contributed by atoms with Crippen molar-refractivity contribution in [3.05, 3.63) is 45.0 Å². The van der Waals surface area contributed by atoms with Gasteiger partial charge in [-0.25, -0.2) is 0 Å². The molecule has 6 heteroatoms. The molecule has 1 aromatic rings. The van der Waals surface area contributed by atoms with Gasteiger partial charge in [0, 0.05) is 30.2 Å². The lowest BCUT2D eigenvalue weighted by atomic mass is 9.86. The molecule has 0 saturated heterocycles. The van der Waals surface area contributed by atoms with Crippen LogP contribution in [0.2, 0.25) is 5.02 Å². The molecule has 0 aromatic heterocycles. The predicted molar refractivity (Wildman–Crippen MR) is 76.5 cm³/mol. The Morgan fingerprint density at radius 3 is 2.40 bits per heavy atom. The molecule has 0 N–H and O–H groups in total. The first kappa shape index (κ1) is 16.4. The number of carbonyl (C=O) groups excluding carboxylic acids is 1. The smallest absolute Gasteiger partial charge is 0.313 e. The van der Waals surface area contributed by atoms with Gasteiger partial charge in [-0.1, -0.05) is 23.7 Å². The van der Waals surface area contributed by atoms with Crippen molar-refractivity contribution < 1.29 is 14.5 Å². The first-order chi connectivity index (χ1) is 9.27. The molecule has 0 bridgehead atoms. The summed E-state index contributed by atoms with van der Waals surface area (Å²) in [5.74, 6) is -1.13. The number of hydrogen-bond acceptors (Lipinski definition) is 4. The minimum atomic E-state index is -1.21. The second kappa shape index (κ2) is 6.70. The number of nitrogens with zero attached hydrogens (tertiary/aromatic N) is 1. The van der Waals surface area contributed by atoms with E-state index in [0.717, 1.165) is 0 Å². The van der Waals surface area contributed by atoms with Gasteiger partial charge in [0.15, 0.2) is 0 Å². The van der Waals surface area contributed by atoms with Crippen molar-refractivity contribution >= 4 is 17.6 Å². The summed E-state index contributed by atoms with van der Waals surface area (Å²) >= 11 is 5.82. The Morgan fingerprint density at radius 2 is 1.95 bits per heavy atom. The molecular formula is C14H18ClNO4. The predicted octanol–water partition coefficient (Wildman–Crippen LogP) is 3.43. The molecule has 0 spiro atoms. The SMILES string of the molecule is CCOC(=O)C(CC(C)(C)[N+](=O)[O-])c1ccc(Cl)cc1. The third-order valence-electron chi connectivity index (χ3n) is 3.04. The third-order valence-corrected chi connectivity index (χ3v) is 3.29. The zero-order chi connectivity index (χ0) is 15.3. The van der Waals surface area contributed by atoms with Gasteiger partial charge in [0.05, 0.1) is 12.5 Å². The lowest BCUT2D eigenvalue weighted by molar-refractivity contribution is -0.561. The average Bonchev–Trinajstić information content (AvgIpc) is 2.37. The third kappa shape index (κ3) is 4.20. The van der Waals surface area contributed by atoms with Crippen molar-refractivity contribution in [3.8, 4) is 0 Å². The minimum absolute atomic E-state index is 0.0699. The van der Waals surface area contributed by atoms with E-state index < -0.39 is 17.4 Å². The van der Waals surface area contributed by atoms with E-state index in [4.69, 9.17) is 16.3 Å². The van der Waals surface area contributed by atoms with Crippen LogP contribution in [-0.4, -0.2) is 23.0 Å². The normalized spacial score (nSPS) is 12.8. The van der Waals surface area contributed by atoms with Gasteiger partial charge in [-0.05, 0) is 24.6 Å². The maximum absolute atomic E-state index is 12.1. The van der Waals surface area contributed by atoms with E-state index in [0.29, 0.717) is 10.6 Å². The zero-order valence-corrected chi connectivity index (χ0v) is 12.5. The summed E-state index contributed by atoms with van der Waals surface area (Å²) in [6.07, 6.45) is 0.0699. The lowest BCUT2D eigenvalue weighted by Gasteiger charge is -2.22. The van der Waals surface area contributed by atoms with E-state index in [1.807, 2.05) is 0 Å². The van der Waals surface area contributed by atoms with Crippen LogP contribution < -0.4 is 0 Å². The van der Waals surface area contributed by atoms with Crippen LogP contribution in [0, 0.1) is 10.1 Å². The van der Waals surface area contributed by atoms with Crippen LogP contribution in [0.4, 0.5) is 0 Å². The van der Waals surface area contributed by atoms with Crippen LogP contribution in [0.1, 0.15) is 38.7 Å². The minimum Gasteiger partial charge on any atom is -0.466 e. The number of rotatable bonds is 6. The Bertz CT molecular complexity index is 484. The van der Waals surface area contributed by atoms with E-state index in [9.17, 15) is 14.9 Å². The van der Waals surface area contributed by atoms with Gasteiger partial charge in [-0.3, -0.25) is 14.9 Å². The topological polar surface area (TPSA) is 69.4 Å². The van der Waals surface area contributed by atoms with Crippen LogP contribution in [0.3, 0.4) is 0 Å². The number of carbonyl (C=O) groups is 1. The number of nitro groups is 1. The van der Waals surface area contributed by atoms with Gasteiger partial charge < -0.3 is 4.74 Å². The fourth-order valence-corrected chi connectivity index (χ4v) is 1.98. The fraction of sp³-hybridized carbons (Fsp3) is 0.500. The molecule has 0 saturated carbocycles. The summed E-state index contributed by atoms with van der Waals surface area (Å²) in [5.41, 5.74) is -0.542. The van der Waals surface area contributed by atoms with Gasteiger partial charge in [0.2, 0.25) is 5.54 Å². The molecule has 5 nitrogen and oxygen atoms in total. The van der Waals surface area contributed by atoms with E-state index >= 15 is 0 Å². The molecule has 110 valence electrons. The van der Waals surface area contributed by atoms with Crippen LogP contribution in [0.15, 0.2) is 24.3 Å². The van der Waals surface area contributed by atoms with Crippen molar-refractivity contribution in [2.75, 3.05) is 6.61 Å². The Hall–Kier alpha value is -1.62. The molecule has 1 rings (SSSR count). The Labute approximate surface area is 123 Å². The molecule has 0 aliphatic carbocycles. The highest BCUT2D eigenvalue weighted by molar-refractivity contribution is 6.30. The zero-order valence-electron chi connectivity index (χ0n) is 11.8. The Kier molecular flexibility index (Phi) is 5.51. The van der Waals surface area contributed by atoms with Gasteiger partial charge in [0.25, 0.3) is 0 Å². The molecule has 0 amide bonds. The lowest BCUT2D eigenvalue weighted by Crippen LogP contribution is -2.35. The molecule has 0 aliphatic heterocycles. The Balaban J connectivity index is 3.05. The molecule has 1 atom stereocenters. The van der Waals surface area contributed by atoms with Crippen molar-refractivity contribution in [3.63, 3.8) is 0 Å². The first-order valence-electron chi connectivity index (χ1n) is 6.34. The number of hydrogen-bond donors (Lipinski definition) is 0. The molecule has 20 heavy (non-hydrogen) atoms. The average molecular weight is 300 g/mol. The molecule has 1 aromatic carbocycles. The second-order valence-corrected chi connectivity index (χ2v) is 5.57. The number of ether oxygens (including phenoxy) is 1. The summed E-state index contributed by atoms with van der Waals surface area (Å²) in [6.45, 7) is 4.93. The Morgan fingerprint density at radius 1 is 1.40 bits per heavy atom. The van der Waals surface area contributed by atoms with E-state index in [1.165, 1.54) is 13.8 Å². The van der Waals surface area contributed by atoms with Crippen LogP contribution in [-0.2, 0) is 9.53 Å². The first-order valence-corrected chi connectivity index (χ1v) is 6.72. The van der Waals surface area contributed by atoms with Gasteiger partial charge >= 0.3 is 5.97 Å². The summed E-state index contributed by atoms with van der Waals surface area (Å²) in [6, 6.07) is 6.70. The highest BCUT2D eigenvalue weighted by Crippen LogP contribution is 2.30. The highest BCUT2D eigenvalue weighted by atomic mass is 35.5.